The second-order valence-corrected chi connectivity index (χ2v) is 3.45. The molecule has 1 aromatic carbocycles. The van der Waals surface area contributed by atoms with E-state index in [1.54, 1.807) is 0 Å². The molecule has 59 valence electrons. The van der Waals surface area contributed by atoms with Crippen molar-refractivity contribution in [3.63, 3.8) is 0 Å². The minimum Gasteiger partial charge on any atom is -0.490 e. The molecule has 0 atom stereocenters. The second-order valence-electron chi connectivity index (χ2n) is 2.54. The van der Waals surface area contributed by atoms with Crippen molar-refractivity contribution < 1.29 is 4.74 Å². The van der Waals surface area contributed by atoms with Crippen LogP contribution in [0.1, 0.15) is 13.8 Å². The number of ether oxygens (including phenoxy) is 1. The van der Waals surface area contributed by atoms with Gasteiger partial charge in [-0.1, -0.05) is 15.9 Å². The highest BCUT2D eigenvalue weighted by atomic mass is 79.9. The molecule has 1 aromatic rings. The zero-order valence-electron chi connectivity index (χ0n) is 6.60. The molecular weight excluding hydrogens is 204 g/mol. The highest BCUT2D eigenvalue weighted by molar-refractivity contribution is 9.10. The van der Waals surface area contributed by atoms with Crippen molar-refractivity contribution in [1.29, 1.82) is 0 Å². The van der Waals surface area contributed by atoms with Crippen molar-refractivity contribution in [2.45, 2.75) is 20.0 Å². The third-order valence-corrected chi connectivity index (χ3v) is 1.60. The average Bonchev–Trinajstić information content (AvgIpc) is 1.93. The summed E-state index contributed by atoms with van der Waals surface area (Å²) in [6.45, 7) is 3.99. The van der Waals surface area contributed by atoms with E-state index in [9.17, 15) is 0 Å². The van der Waals surface area contributed by atoms with E-state index in [4.69, 9.17) is 4.74 Å². The number of halogens is 1. The zero-order valence-corrected chi connectivity index (χ0v) is 8.18. The minimum absolute atomic E-state index is 0.215. The minimum atomic E-state index is 0.215. The summed E-state index contributed by atoms with van der Waals surface area (Å²) < 4.78 is 6.41. The van der Waals surface area contributed by atoms with Crippen LogP contribution in [0.5, 0.6) is 5.75 Å². The Kier molecular flexibility index (Phi) is 2.94. The van der Waals surface area contributed by atoms with Crippen molar-refractivity contribution in [2.75, 3.05) is 0 Å². The lowest BCUT2D eigenvalue weighted by atomic mass is 10.3. The SMILES string of the molecule is CC(C)Oc1[c]cc(Br)cc1. The van der Waals surface area contributed by atoms with Gasteiger partial charge in [0.25, 0.3) is 0 Å². The van der Waals surface area contributed by atoms with E-state index in [0.29, 0.717) is 0 Å². The Hall–Kier alpha value is -0.500. The van der Waals surface area contributed by atoms with Gasteiger partial charge in [-0.25, -0.2) is 0 Å². The van der Waals surface area contributed by atoms with Crippen molar-refractivity contribution in [3.8, 4) is 5.75 Å². The normalized spacial score (nSPS) is 10.2. The van der Waals surface area contributed by atoms with Gasteiger partial charge in [-0.2, -0.15) is 0 Å². The maximum atomic E-state index is 5.39. The van der Waals surface area contributed by atoms with Crippen LogP contribution in [0.4, 0.5) is 0 Å². The van der Waals surface area contributed by atoms with Crippen LogP contribution in [0.15, 0.2) is 22.7 Å². The molecule has 0 saturated heterocycles. The average molecular weight is 214 g/mol. The molecule has 1 radical (unpaired) electrons. The number of benzene rings is 1. The smallest absolute Gasteiger partial charge is 0.127 e. The third kappa shape index (κ3) is 2.93. The van der Waals surface area contributed by atoms with E-state index in [1.807, 2.05) is 32.0 Å². The van der Waals surface area contributed by atoms with Crippen LogP contribution in [0.25, 0.3) is 0 Å². The van der Waals surface area contributed by atoms with Gasteiger partial charge in [0.05, 0.1) is 6.10 Å². The second kappa shape index (κ2) is 3.77. The number of rotatable bonds is 2. The molecule has 0 fully saturated rings. The fourth-order valence-electron chi connectivity index (χ4n) is 0.719. The van der Waals surface area contributed by atoms with E-state index in [1.165, 1.54) is 0 Å². The van der Waals surface area contributed by atoms with Crippen LogP contribution in [0, 0.1) is 6.07 Å². The van der Waals surface area contributed by atoms with E-state index in [2.05, 4.69) is 22.0 Å². The van der Waals surface area contributed by atoms with Gasteiger partial charge >= 0.3 is 0 Å². The Morgan fingerprint density at radius 2 is 2.18 bits per heavy atom. The lowest BCUT2D eigenvalue weighted by Gasteiger charge is -2.08. The van der Waals surface area contributed by atoms with Gasteiger partial charge in [0.2, 0.25) is 0 Å². The fraction of sp³-hybridized carbons (Fsp3) is 0.333. The number of hydrogen-bond acceptors (Lipinski definition) is 1. The lowest BCUT2D eigenvalue weighted by molar-refractivity contribution is 0.242. The Balaban J connectivity index is 2.66. The van der Waals surface area contributed by atoms with Gasteiger partial charge in [0.1, 0.15) is 5.75 Å². The summed E-state index contributed by atoms with van der Waals surface area (Å²) in [6.07, 6.45) is 0.215. The van der Waals surface area contributed by atoms with Gasteiger partial charge in [-0.3, -0.25) is 0 Å². The molecule has 2 heteroatoms. The molecule has 0 aliphatic heterocycles. The van der Waals surface area contributed by atoms with Crippen LogP contribution in [0.3, 0.4) is 0 Å². The first-order valence-corrected chi connectivity index (χ1v) is 4.31. The molecule has 0 unspecified atom stereocenters. The molecule has 0 heterocycles. The topological polar surface area (TPSA) is 9.23 Å². The predicted molar refractivity (Wildman–Crippen MR) is 48.7 cm³/mol. The van der Waals surface area contributed by atoms with E-state index < -0.39 is 0 Å². The van der Waals surface area contributed by atoms with Gasteiger partial charge in [0.15, 0.2) is 0 Å². The van der Waals surface area contributed by atoms with Gasteiger partial charge < -0.3 is 4.74 Å². The van der Waals surface area contributed by atoms with Gasteiger partial charge in [-0.05, 0) is 32.0 Å². The molecule has 1 rings (SSSR count). The highest BCUT2D eigenvalue weighted by Gasteiger charge is 1.95. The van der Waals surface area contributed by atoms with Crippen LogP contribution in [0.2, 0.25) is 0 Å². The van der Waals surface area contributed by atoms with Gasteiger partial charge in [0, 0.05) is 10.5 Å². The first-order valence-electron chi connectivity index (χ1n) is 3.52. The van der Waals surface area contributed by atoms with Crippen molar-refractivity contribution >= 4 is 15.9 Å². The molecule has 0 aliphatic carbocycles. The molecule has 11 heavy (non-hydrogen) atoms. The predicted octanol–water partition coefficient (Wildman–Crippen LogP) is 3.04. The summed E-state index contributed by atoms with van der Waals surface area (Å²) in [5, 5.41) is 0. The van der Waals surface area contributed by atoms with E-state index >= 15 is 0 Å². The van der Waals surface area contributed by atoms with Crippen molar-refractivity contribution in [3.05, 3.63) is 28.7 Å². The Labute approximate surface area is 75.5 Å². The molecular formula is C9H10BrO. The molecule has 0 spiro atoms. The first-order chi connectivity index (χ1) is 5.18. The monoisotopic (exact) mass is 213 g/mol. The summed E-state index contributed by atoms with van der Waals surface area (Å²) in [7, 11) is 0. The molecule has 0 aromatic heterocycles. The van der Waals surface area contributed by atoms with Crippen LogP contribution in [-0.4, -0.2) is 6.10 Å². The zero-order chi connectivity index (χ0) is 8.27. The highest BCUT2D eigenvalue weighted by Crippen LogP contribution is 2.16. The quantitative estimate of drug-likeness (QED) is 0.735. The van der Waals surface area contributed by atoms with Crippen LogP contribution >= 0.6 is 15.9 Å². The summed E-state index contributed by atoms with van der Waals surface area (Å²) in [4.78, 5) is 0. The van der Waals surface area contributed by atoms with E-state index in [0.717, 1.165) is 10.2 Å². The third-order valence-electron chi connectivity index (χ3n) is 1.11. The molecule has 0 bridgehead atoms. The summed E-state index contributed by atoms with van der Waals surface area (Å²) in [5.74, 6) is 0.795. The first kappa shape index (κ1) is 8.60. The standard InChI is InChI=1S/C9H10BrO/c1-7(2)11-9-5-3-8(10)4-6-9/h3-5,7H,1-2H3. The maximum Gasteiger partial charge on any atom is 0.127 e. The fourth-order valence-corrected chi connectivity index (χ4v) is 0.965. The molecule has 0 saturated carbocycles. The molecule has 0 aliphatic rings. The molecule has 0 N–H and O–H groups in total. The van der Waals surface area contributed by atoms with E-state index in [-0.39, 0.29) is 6.10 Å². The van der Waals surface area contributed by atoms with Gasteiger partial charge in [-0.15, -0.1) is 0 Å². The molecule has 0 amide bonds. The molecule has 1 nitrogen and oxygen atoms in total. The Morgan fingerprint density at radius 1 is 1.45 bits per heavy atom. The number of hydrogen-bond donors (Lipinski definition) is 0. The lowest BCUT2D eigenvalue weighted by Crippen LogP contribution is -2.05. The Morgan fingerprint density at radius 3 is 2.64 bits per heavy atom. The summed E-state index contributed by atoms with van der Waals surface area (Å²) in [6, 6.07) is 8.68. The maximum absolute atomic E-state index is 5.39. The Bertz CT molecular complexity index is 216. The van der Waals surface area contributed by atoms with Crippen LogP contribution < -0.4 is 4.74 Å². The van der Waals surface area contributed by atoms with Crippen molar-refractivity contribution in [2.24, 2.45) is 0 Å². The summed E-state index contributed by atoms with van der Waals surface area (Å²) >= 11 is 3.32. The van der Waals surface area contributed by atoms with Crippen LogP contribution in [-0.2, 0) is 0 Å². The summed E-state index contributed by atoms with van der Waals surface area (Å²) in [5.41, 5.74) is 0. The van der Waals surface area contributed by atoms with Crippen molar-refractivity contribution in [1.82, 2.24) is 0 Å². The largest absolute Gasteiger partial charge is 0.490 e.